The summed E-state index contributed by atoms with van der Waals surface area (Å²) in [4.78, 5) is 11.9. The van der Waals surface area contributed by atoms with Crippen molar-refractivity contribution >= 4 is 12.2 Å². The lowest BCUT2D eigenvalue weighted by atomic mass is 10.0. The number of carbonyl (C=O) groups excluding carboxylic acids is 1. The Labute approximate surface area is 132 Å². The average Bonchev–Trinajstić information content (AvgIpc) is 2.45. The quantitative estimate of drug-likeness (QED) is 0.924. The van der Waals surface area contributed by atoms with Crippen molar-refractivity contribution in [3.63, 3.8) is 0 Å². The summed E-state index contributed by atoms with van der Waals surface area (Å²) in [6, 6.07) is 10.0. The van der Waals surface area contributed by atoms with Crippen LogP contribution >= 0.6 is 0 Å². The molecule has 4 heteroatoms. The van der Waals surface area contributed by atoms with Gasteiger partial charge < -0.3 is 14.8 Å². The maximum atomic E-state index is 11.9. The normalized spacial score (nSPS) is 22.5. The summed E-state index contributed by atoms with van der Waals surface area (Å²) < 4.78 is 11.1. The van der Waals surface area contributed by atoms with Crippen LogP contribution in [0.2, 0.25) is 0 Å². The van der Waals surface area contributed by atoms with Gasteiger partial charge in [-0.3, -0.25) is 0 Å². The summed E-state index contributed by atoms with van der Waals surface area (Å²) in [7, 11) is 0. The summed E-state index contributed by atoms with van der Waals surface area (Å²) in [5.74, 6) is 0. The molecule has 120 valence electrons. The SMILES string of the molecule is CC(C)(C)OC(=O)NC1CCCOC1C=Cc1ccccc1. The Morgan fingerprint density at radius 2 is 2.05 bits per heavy atom. The van der Waals surface area contributed by atoms with E-state index in [-0.39, 0.29) is 18.2 Å². The van der Waals surface area contributed by atoms with Gasteiger partial charge in [0.25, 0.3) is 0 Å². The molecule has 1 aromatic carbocycles. The minimum atomic E-state index is -0.491. The fraction of sp³-hybridized carbons (Fsp3) is 0.500. The van der Waals surface area contributed by atoms with E-state index in [1.807, 2.05) is 63.3 Å². The van der Waals surface area contributed by atoms with Crippen molar-refractivity contribution < 1.29 is 14.3 Å². The summed E-state index contributed by atoms with van der Waals surface area (Å²) in [5.41, 5.74) is 0.627. The van der Waals surface area contributed by atoms with Crippen LogP contribution in [0.4, 0.5) is 4.79 Å². The van der Waals surface area contributed by atoms with Gasteiger partial charge in [0.05, 0.1) is 12.1 Å². The predicted molar refractivity (Wildman–Crippen MR) is 87.6 cm³/mol. The third-order valence-corrected chi connectivity index (χ3v) is 3.35. The monoisotopic (exact) mass is 303 g/mol. The number of hydrogen-bond acceptors (Lipinski definition) is 3. The lowest BCUT2D eigenvalue weighted by Gasteiger charge is -2.31. The van der Waals surface area contributed by atoms with E-state index in [0.29, 0.717) is 0 Å². The van der Waals surface area contributed by atoms with Gasteiger partial charge >= 0.3 is 6.09 Å². The van der Waals surface area contributed by atoms with Gasteiger partial charge in [-0.1, -0.05) is 42.5 Å². The molecule has 4 nitrogen and oxygen atoms in total. The number of hydrogen-bond donors (Lipinski definition) is 1. The molecule has 1 fully saturated rings. The molecule has 22 heavy (non-hydrogen) atoms. The largest absolute Gasteiger partial charge is 0.444 e. The fourth-order valence-electron chi connectivity index (χ4n) is 2.38. The third kappa shape index (κ3) is 5.53. The number of benzene rings is 1. The Hall–Kier alpha value is -1.81. The number of amides is 1. The summed E-state index contributed by atoms with van der Waals surface area (Å²) >= 11 is 0. The molecule has 1 aliphatic heterocycles. The van der Waals surface area contributed by atoms with Crippen molar-refractivity contribution in [2.45, 2.75) is 51.4 Å². The van der Waals surface area contributed by atoms with E-state index in [1.54, 1.807) is 0 Å². The van der Waals surface area contributed by atoms with E-state index in [9.17, 15) is 4.79 Å². The first-order valence-corrected chi connectivity index (χ1v) is 7.78. The zero-order chi connectivity index (χ0) is 16.0. The van der Waals surface area contributed by atoms with Crippen molar-refractivity contribution in [2.24, 2.45) is 0 Å². The van der Waals surface area contributed by atoms with Crippen LogP contribution in [-0.2, 0) is 9.47 Å². The van der Waals surface area contributed by atoms with E-state index < -0.39 is 5.60 Å². The first-order valence-electron chi connectivity index (χ1n) is 7.78. The molecule has 0 spiro atoms. The molecular weight excluding hydrogens is 278 g/mol. The van der Waals surface area contributed by atoms with Crippen molar-refractivity contribution in [3.05, 3.63) is 42.0 Å². The molecule has 1 aliphatic rings. The van der Waals surface area contributed by atoms with Crippen molar-refractivity contribution in [1.82, 2.24) is 5.32 Å². The molecular formula is C18H25NO3. The summed E-state index contributed by atoms with van der Waals surface area (Å²) in [5, 5.41) is 2.92. The Morgan fingerprint density at radius 3 is 2.73 bits per heavy atom. The lowest BCUT2D eigenvalue weighted by Crippen LogP contribution is -2.47. The third-order valence-electron chi connectivity index (χ3n) is 3.35. The Kier molecular flexibility index (Phi) is 5.61. The highest BCUT2D eigenvalue weighted by Crippen LogP contribution is 2.17. The van der Waals surface area contributed by atoms with Crippen LogP contribution in [0.25, 0.3) is 6.08 Å². The Bertz CT molecular complexity index is 505. The van der Waals surface area contributed by atoms with Crippen molar-refractivity contribution in [2.75, 3.05) is 6.61 Å². The Balaban J connectivity index is 1.96. The molecule has 0 saturated carbocycles. The van der Waals surface area contributed by atoms with Gasteiger partial charge in [-0.15, -0.1) is 0 Å². The number of carbonyl (C=O) groups is 1. The summed E-state index contributed by atoms with van der Waals surface area (Å²) in [6.45, 7) is 6.29. The number of ether oxygens (including phenoxy) is 2. The highest BCUT2D eigenvalue weighted by atomic mass is 16.6. The summed E-state index contributed by atoms with van der Waals surface area (Å²) in [6.07, 6.45) is 5.36. The topological polar surface area (TPSA) is 47.6 Å². The van der Waals surface area contributed by atoms with Gasteiger partial charge in [-0.2, -0.15) is 0 Å². The molecule has 1 heterocycles. The minimum absolute atomic E-state index is 0.0523. The van der Waals surface area contributed by atoms with Gasteiger partial charge in [0.1, 0.15) is 5.60 Å². The fourth-order valence-corrected chi connectivity index (χ4v) is 2.38. The molecule has 1 amide bonds. The van der Waals surface area contributed by atoms with Gasteiger partial charge in [0, 0.05) is 6.61 Å². The Morgan fingerprint density at radius 1 is 1.32 bits per heavy atom. The number of alkyl carbamates (subject to hydrolysis) is 1. The van der Waals surface area contributed by atoms with E-state index in [1.165, 1.54) is 0 Å². The molecule has 0 radical (unpaired) electrons. The molecule has 2 unspecified atom stereocenters. The zero-order valence-corrected chi connectivity index (χ0v) is 13.5. The second-order valence-electron chi connectivity index (χ2n) is 6.50. The molecule has 2 atom stereocenters. The highest BCUT2D eigenvalue weighted by molar-refractivity contribution is 5.68. The van der Waals surface area contributed by atoms with Crippen LogP contribution in [0.15, 0.2) is 36.4 Å². The zero-order valence-electron chi connectivity index (χ0n) is 13.5. The van der Waals surface area contributed by atoms with E-state index in [4.69, 9.17) is 9.47 Å². The maximum Gasteiger partial charge on any atom is 0.407 e. The number of nitrogens with one attached hydrogen (secondary N) is 1. The van der Waals surface area contributed by atoms with Crippen LogP contribution in [0.1, 0.15) is 39.2 Å². The van der Waals surface area contributed by atoms with Gasteiger partial charge in [-0.25, -0.2) is 4.79 Å². The van der Waals surface area contributed by atoms with E-state index in [0.717, 1.165) is 25.0 Å². The maximum absolute atomic E-state index is 11.9. The van der Waals surface area contributed by atoms with Crippen LogP contribution in [0.5, 0.6) is 0 Å². The molecule has 1 N–H and O–H groups in total. The van der Waals surface area contributed by atoms with Crippen LogP contribution in [0.3, 0.4) is 0 Å². The smallest absolute Gasteiger partial charge is 0.407 e. The minimum Gasteiger partial charge on any atom is -0.444 e. The standard InChI is InChI=1S/C18H25NO3/c1-18(2,3)22-17(20)19-15-10-7-13-21-16(15)12-11-14-8-5-4-6-9-14/h4-6,8-9,11-12,15-16H,7,10,13H2,1-3H3,(H,19,20). The van der Waals surface area contributed by atoms with E-state index >= 15 is 0 Å². The van der Waals surface area contributed by atoms with Crippen molar-refractivity contribution in [1.29, 1.82) is 0 Å². The van der Waals surface area contributed by atoms with Gasteiger partial charge in [0.2, 0.25) is 0 Å². The molecule has 0 aromatic heterocycles. The lowest BCUT2D eigenvalue weighted by molar-refractivity contribution is 0.00908. The molecule has 1 aromatic rings. The van der Waals surface area contributed by atoms with E-state index in [2.05, 4.69) is 5.32 Å². The predicted octanol–water partition coefficient (Wildman–Crippen LogP) is 3.77. The molecule has 2 rings (SSSR count). The first-order chi connectivity index (χ1) is 10.4. The van der Waals surface area contributed by atoms with Gasteiger partial charge in [-0.05, 0) is 39.2 Å². The van der Waals surface area contributed by atoms with Gasteiger partial charge in [0.15, 0.2) is 0 Å². The highest BCUT2D eigenvalue weighted by Gasteiger charge is 2.27. The van der Waals surface area contributed by atoms with Crippen LogP contribution in [-0.4, -0.2) is 30.4 Å². The molecule has 0 aliphatic carbocycles. The van der Waals surface area contributed by atoms with Crippen LogP contribution < -0.4 is 5.32 Å². The van der Waals surface area contributed by atoms with Crippen molar-refractivity contribution in [3.8, 4) is 0 Å². The average molecular weight is 303 g/mol. The first kappa shape index (κ1) is 16.6. The van der Waals surface area contributed by atoms with Crippen LogP contribution in [0, 0.1) is 0 Å². The molecule has 0 bridgehead atoms. The molecule has 1 saturated heterocycles. The number of rotatable bonds is 3. The second kappa shape index (κ2) is 7.45. The second-order valence-corrected chi connectivity index (χ2v) is 6.50.